The Kier molecular flexibility index (Phi) is 3.97. The highest BCUT2D eigenvalue weighted by atomic mass is 16.5. The number of hydrogen-bond donors (Lipinski definition) is 1. The van der Waals surface area contributed by atoms with Crippen molar-refractivity contribution in [3.05, 3.63) is 23.8 Å². The summed E-state index contributed by atoms with van der Waals surface area (Å²) in [5, 5.41) is 0. The predicted molar refractivity (Wildman–Crippen MR) is 57.7 cm³/mol. The molecule has 4 heteroatoms. The summed E-state index contributed by atoms with van der Waals surface area (Å²) in [6.07, 6.45) is 0.210. The Labute approximate surface area is 89.0 Å². The summed E-state index contributed by atoms with van der Waals surface area (Å²) in [6, 6.07) is 5.25. The maximum absolute atomic E-state index is 11.1. The van der Waals surface area contributed by atoms with Gasteiger partial charge in [0.2, 0.25) is 0 Å². The Balaban J connectivity index is 2.83. The number of hydrogen-bond acceptors (Lipinski definition) is 4. The van der Waals surface area contributed by atoms with Crippen LogP contribution < -0.4 is 10.5 Å². The summed E-state index contributed by atoms with van der Waals surface area (Å²) in [7, 11) is 1.36. The van der Waals surface area contributed by atoms with Crippen molar-refractivity contribution in [1.82, 2.24) is 0 Å². The molecule has 0 aromatic heterocycles. The van der Waals surface area contributed by atoms with Crippen LogP contribution in [0.3, 0.4) is 0 Å². The molecule has 0 spiro atoms. The first kappa shape index (κ1) is 11.4. The zero-order valence-electron chi connectivity index (χ0n) is 8.95. The average molecular weight is 209 g/mol. The van der Waals surface area contributed by atoms with E-state index in [2.05, 4.69) is 4.74 Å². The van der Waals surface area contributed by atoms with Crippen LogP contribution >= 0.6 is 0 Å². The minimum Gasteiger partial charge on any atom is -0.494 e. The first-order valence-electron chi connectivity index (χ1n) is 4.74. The van der Waals surface area contributed by atoms with E-state index in [1.807, 2.05) is 6.92 Å². The molecule has 0 aliphatic heterocycles. The van der Waals surface area contributed by atoms with Crippen LogP contribution in [0.25, 0.3) is 0 Å². The third-order valence-electron chi connectivity index (χ3n) is 1.88. The van der Waals surface area contributed by atoms with E-state index in [0.29, 0.717) is 18.0 Å². The van der Waals surface area contributed by atoms with E-state index in [1.54, 1.807) is 18.2 Å². The Morgan fingerprint density at radius 2 is 2.13 bits per heavy atom. The van der Waals surface area contributed by atoms with E-state index in [4.69, 9.17) is 10.5 Å². The first-order valence-corrected chi connectivity index (χ1v) is 4.74. The average Bonchev–Trinajstić information content (AvgIpc) is 2.17. The molecule has 0 aliphatic carbocycles. The molecule has 0 atom stereocenters. The van der Waals surface area contributed by atoms with Crippen LogP contribution in [0.2, 0.25) is 0 Å². The molecular formula is C11H15NO3. The summed E-state index contributed by atoms with van der Waals surface area (Å²) in [4.78, 5) is 11.1. The fourth-order valence-corrected chi connectivity index (χ4v) is 1.28. The Morgan fingerprint density at radius 1 is 1.40 bits per heavy atom. The SMILES string of the molecule is CCOc1cc(N)cc(CC(=O)OC)c1. The summed E-state index contributed by atoms with van der Waals surface area (Å²) >= 11 is 0. The molecule has 1 aromatic rings. The normalized spacial score (nSPS) is 9.73. The lowest BCUT2D eigenvalue weighted by Gasteiger charge is -2.07. The monoisotopic (exact) mass is 209 g/mol. The van der Waals surface area contributed by atoms with Crippen LogP contribution in [-0.4, -0.2) is 19.7 Å². The van der Waals surface area contributed by atoms with Gasteiger partial charge in [0.15, 0.2) is 0 Å². The minimum absolute atomic E-state index is 0.210. The van der Waals surface area contributed by atoms with Crippen molar-refractivity contribution in [3.63, 3.8) is 0 Å². The van der Waals surface area contributed by atoms with Crippen molar-refractivity contribution in [2.45, 2.75) is 13.3 Å². The number of nitrogens with two attached hydrogens (primary N) is 1. The molecule has 4 nitrogen and oxygen atoms in total. The van der Waals surface area contributed by atoms with Crippen LogP contribution in [0.15, 0.2) is 18.2 Å². The second-order valence-corrected chi connectivity index (χ2v) is 3.10. The number of esters is 1. The number of methoxy groups -OCH3 is 1. The van der Waals surface area contributed by atoms with Gasteiger partial charge in [-0.1, -0.05) is 0 Å². The third kappa shape index (κ3) is 3.50. The second kappa shape index (κ2) is 5.24. The number of benzene rings is 1. The van der Waals surface area contributed by atoms with Crippen LogP contribution in [-0.2, 0) is 16.0 Å². The summed E-state index contributed by atoms with van der Waals surface area (Å²) in [5.41, 5.74) is 7.05. The number of ether oxygens (including phenoxy) is 2. The number of carbonyl (C=O) groups excluding carboxylic acids is 1. The highest BCUT2D eigenvalue weighted by Gasteiger charge is 2.05. The van der Waals surface area contributed by atoms with Gasteiger partial charge in [-0.05, 0) is 24.6 Å². The molecule has 0 radical (unpaired) electrons. The maximum Gasteiger partial charge on any atom is 0.309 e. The summed E-state index contributed by atoms with van der Waals surface area (Å²) in [5.74, 6) is 0.388. The van der Waals surface area contributed by atoms with Crippen LogP contribution in [0.1, 0.15) is 12.5 Å². The van der Waals surface area contributed by atoms with Gasteiger partial charge in [0, 0.05) is 11.8 Å². The first-order chi connectivity index (χ1) is 7.15. The third-order valence-corrected chi connectivity index (χ3v) is 1.88. The highest BCUT2D eigenvalue weighted by Crippen LogP contribution is 2.19. The number of nitrogen functional groups attached to an aromatic ring is 1. The lowest BCUT2D eigenvalue weighted by atomic mass is 10.1. The van der Waals surface area contributed by atoms with Gasteiger partial charge in [0.05, 0.1) is 20.1 Å². The molecule has 0 fully saturated rings. The van der Waals surface area contributed by atoms with E-state index in [-0.39, 0.29) is 12.4 Å². The molecule has 0 heterocycles. The van der Waals surface area contributed by atoms with Gasteiger partial charge in [0.25, 0.3) is 0 Å². The minimum atomic E-state index is -0.289. The Morgan fingerprint density at radius 3 is 2.73 bits per heavy atom. The van der Waals surface area contributed by atoms with E-state index < -0.39 is 0 Å². The Hall–Kier alpha value is -1.71. The van der Waals surface area contributed by atoms with Crippen molar-refractivity contribution in [3.8, 4) is 5.75 Å². The smallest absolute Gasteiger partial charge is 0.309 e. The van der Waals surface area contributed by atoms with Crippen molar-refractivity contribution < 1.29 is 14.3 Å². The van der Waals surface area contributed by atoms with Gasteiger partial charge >= 0.3 is 5.97 Å². The van der Waals surface area contributed by atoms with E-state index in [1.165, 1.54) is 7.11 Å². The van der Waals surface area contributed by atoms with Gasteiger partial charge in [-0.15, -0.1) is 0 Å². The van der Waals surface area contributed by atoms with E-state index in [0.717, 1.165) is 5.56 Å². The number of rotatable bonds is 4. The van der Waals surface area contributed by atoms with Gasteiger partial charge in [-0.2, -0.15) is 0 Å². The van der Waals surface area contributed by atoms with Gasteiger partial charge in [-0.25, -0.2) is 0 Å². The molecular weight excluding hydrogens is 194 g/mol. The molecule has 2 N–H and O–H groups in total. The maximum atomic E-state index is 11.1. The molecule has 0 bridgehead atoms. The fourth-order valence-electron chi connectivity index (χ4n) is 1.28. The van der Waals surface area contributed by atoms with Gasteiger partial charge < -0.3 is 15.2 Å². The van der Waals surface area contributed by atoms with Crippen molar-refractivity contribution >= 4 is 11.7 Å². The number of carbonyl (C=O) groups is 1. The van der Waals surface area contributed by atoms with E-state index >= 15 is 0 Å². The lowest BCUT2D eigenvalue weighted by molar-refractivity contribution is -0.139. The topological polar surface area (TPSA) is 61.5 Å². The van der Waals surface area contributed by atoms with Crippen molar-refractivity contribution in [1.29, 1.82) is 0 Å². The molecule has 1 rings (SSSR count). The molecule has 0 aliphatic rings. The zero-order chi connectivity index (χ0) is 11.3. The second-order valence-electron chi connectivity index (χ2n) is 3.10. The van der Waals surface area contributed by atoms with Gasteiger partial charge in [-0.3, -0.25) is 4.79 Å². The predicted octanol–water partition coefficient (Wildman–Crippen LogP) is 1.38. The number of anilines is 1. The fraction of sp³-hybridized carbons (Fsp3) is 0.364. The molecule has 0 unspecified atom stereocenters. The van der Waals surface area contributed by atoms with Crippen molar-refractivity contribution in [2.75, 3.05) is 19.5 Å². The van der Waals surface area contributed by atoms with Crippen LogP contribution in [0.4, 0.5) is 5.69 Å². The quantitative estimate of drug-likeness (QED) is 0.601. The van der Waals surface area contributed by atoms with Crippen LogP contribution in [0, 0.1) is 0 Å². The largest absolute Gasteiger partial charge is 0.494 e. The standard InChI is InChI=1S/C11H15NO3/c1-3-15-10-5-8(4-9(12)7-10)6-11(13)14-2/h4-5,7H,3,6,12H2,1-2H3. The van der Waals surface area contributed by atoms with Crippen molar-refractivity contribution in [2.24, 2.45) is 0 Å². The molecule has 1 aromatic carbocycles. The molecule has 15 heavy (non-hydrogen) atoms. The molecule has 82 valence electrons. The van der Waals surface area contributed by atoms with Gasteiger partial charge in [0.1, 0.15) is 5.75 Å². The molecule has 0 saturated heterocycles. The Bertz CT molecular complexity index is 350. The highest BCUT2D eigenvalue weighted by molar-refractivity contribution is 5.73. The summed E-state index contributed by atoms with van der Waals surface area (Å²) in [6.45, 7) is 2.46. The molecule has 0 saturated carbocycles. The van der Waals surface area contributed by atoms with E-state index in [9.17, 15) is 4.79 Å². The lowest BCUT2D eigenvalue weighted by Crippen LogP contribution is -2.05. The zero-order valence-corrected chi connectivity index (χ0v) is 8.95. The molecule has 0 amide bonds. The summed E-state index contributed by atoms with van der Waals surface area (Å²) < 4.78 is 9.88. The van der Waals surface area contributed by atoms with Crippen LogP contribution in [0.5, 0.6) is 5.75 Å².